The van der Waals surface area contributed by atoms with Crippen molar-refractivity contribution in [1.82, 2.24) is 14.8 Å². The van der Waals surface area contributed by atoms with Gasteiger partial charge in [0.05, 0.1) is 0 Å². The zero-order valence-corrected chi connectivity index (χ0v) is 11.4. The van der Waals surface area contributed by atoms with Gasteiger partial charge in [0.2, 0.25) is 0 Å². The molecule has 5 heteroatoms. The Kier molecular flexibility index (Phi) is 4.39. The highest BCUT2D eigenvalue weighted by atomic mass is 32.2. The van der Waals surface area contributed by atoms with E-state index in [9.17, 15) is 0 Å². The van der Waals surface area contributed by atoms with Crippen molar-refractivity contribution >= 4 is 24.0 Å². The molecule has 0 unspecified atom stereocenters. The fourth-order valence-electron chi connectivity index (χ4n) is 1.70. The minimum atomic E-state index is 0.699. The van der Waals surface area contributed by atoms with Gasteiger partial charge in [-0.25, -0.2) is 0 Å². The van der Waals surface area contributed by atoms with E-state index < -0.39 is 0 Å². The van der Waals surface area contributed by atoms with Crippen LogP contribution in [0.25, 0.3) is 11.4 Å². The Labute approximate surface area is 110 Å². The number of hydrogen-bond acceptors (Lipinski definition) is 3. The van der Waals surface area contributed by atoms with E-state index in [1.165, 1.54) is 0 Å². The number of aromatic nitrogens is 3. The zero-order valence-electron chi connectivity index (χ0n) is 9.72. The molecule has 0 bridgehead atoms. The Morgan fingerprint density at radius 3 is 2.82 bits per heavy atom. The van der Waals surface area contributed by atoms with Crippen molar-refractivity contribution < 1.29 is 0 Å². The molecule has 3 nitrogen and oxygen atoms in total. The summed E-state index contributed by atoms with van der Waals surface area (Å²) in [5.74, 6) is 2.07. The molecule has 0 aliphatic heterocycles. The van der Waals surface area contributed by atoms with E-state index in [1.54, 1.807) is 0 Å². The lowest BCUT2D eigenvalue weighted by Gasteiger charge is -2.05. The van der Waals surface area contributed by atoms with E-state index in [0.717, 1.165) is 30.1 Å². The van der Waals surface area contributed by atoms with Crippen molar-refractivity contribution in [3.63, 3.8) is 0 Å². The van der Waals surface area contributed by atoms with Crippen molar-refractivity contribution in [3.05, 3.63) is 35.1 Å². The highest BCUT2D eigenvalue weighted by Crippen LogP contribution is 2.17. The summed E-state index contributed by atoms with van der Waals surface area (Å²) in [4.78, 5) is 0. The Hall–Kier alpha value is -1.07. The lowest BCUT2D eigenvalue weighted by Crippen LogP contribution is -2.02. The third-order valence-corrected chi connectivity index (χ3v) is 3.53. The highest BCUT2D eigenvalue weighted by Gasteiger charge is 2.07. The predicted molar refractivity (Wildman–Crippen MR) is 75.8 cm³/mol. The van der Waals surface area contributed by atoms with E-state index in [0.29, 0.717) is 4.77 Å². The molecule has 0 atom stereocenters. The Bertz CT molecular complexity index is 516. The van der Waals surface area contributed by atoms with Crippen LogP contribution in [-0.2, 0) is 6.54 Å². The molecule has 0 fully saturated rings. The third-order valence-electron chi connectivity index (χ3n) is 2.52. The summed E-state index contributed by atoms with van der Waals surface area (Å²) in [7, 11) is 0. The number of thioether (sulfide) groups is 1. The van der Waals surface area contributed by atoms with Crippen molar-refractivity contribution in [2.75, 3.05) is 12.0 Å². The lowest BCUT2D eigenvalue weighted by molar-refractivity contribution is 0.680. The molecule has 1 aromatic carbocycles. The molecule has 17 heavy (non-hydrogen) atoms. The number of hydrogen-bond donors (Lipinski definition) is 1. The number of rotatable bonds is 5. The molecular weight excluding hydrogens is 250 g/mol. The van der Waals surface area contributed by atoms with Gasteiger partial charge in [0.25, 0.3) is 0 Å². The van der Waals surface area contributed by atoms with Crippen LogP contribution < -0.4 is 0 Å². The second-order valence-electron chi connectivity index (χ2n) is 3.72. The Morgan fingerprint density at radius 2 is 2.12 bits per heavy atom. The van der Waals surface area contributed by atoms with Crippen LogP contribution in [0.3, 0.4) is 0 Å². The summed E-state index contributed by atoms with van der Waals surface area (Å²) < 4.78 is 2.77. The maximum atomic E-state index is 5.26. The molecule has 0 radical (unpaired) electrons. The molecule has 1 heterocycles. The molecule has 0 aliphatic rings. The molecule has 1 aromatic heterocycles. The largest absolute Gasteiger partial charge is 0.300 e. The number of benzene rings is 1. The average Bonchev–Trinajstić information content (AvgIpc) is 2.73. The summed E-state index contributed by atoms with van der Waals surface area (Å²) in [5.41, 5.74) is 1.10. The van der Waals surface area contributed by atoms with Gasteiger partial charge in [0, 0.05) is 12.1 Å². The smallest absolute Gasteiger partial charge is 0.195 e. The first-order valence-electron chi connectivity index (χ1n) is 5.52. The van der Waals surface area contributed by atoms with Gasteiger partial charge in [-0.2, -0.15) is 16.9 Å². The number of H-pyrrole nitrogens is 1. The number of nitrogens with one attached hydrogen (secondary N) is 1. The molecular formula is C12H15N3S2. The van der Waals surface area contributed by atoms with E-state index in [-0.39, 0.29) is 0 Å². The van der Waals surface area contributed by atoms with Gasteiger partial charge in [-0.3, -0.25) is 5.10 Å². The van der Waals surface area contributed by atoms with Crippen LogP contribution in [0.4, 0.5) is 0 Å². The van der Waals surface area contributed by atoms with E-state index in [4.69, 9.17) is 12.2 Å². The zero-order chi connectivity index (χ0) is 12.1. The van der Waals surface area contributed by atoms with Gasteiger partial charge in [-0.15, -0.1) is 0 Å². The van der Waals surface area contributed by atoms with Crippen LogP contribution in [0, 0.1) is 4.77 Å². The normalized spacial score (nSPS) is 10.6. The second-order valence-corrected chi connectivity index (χ2v) is 5.09. The van der Waals surface area contributed by atoms with Crippen LogP contribution >= 0.6 is 24.0 Å². The summed E-state index contributed by atoms with van der Waals surface area (Å²) in [6.07, 6.45) is 3.22. The SMILES string of the molecule is CSCCCn1c(-c2ccccc2)n[nH]c1=S. The van der Waals surface area contributed by atoms with Crippen LogP contribution in [-0.4, -0.2) is 26.8 Å². The van der Waals surface area contributed by atoms with Crippen molar-refractivity contribution in [2.24, 2.45) is 0 Å². The fraction of sp³-hybridized carbons (Fsp3) is 0.333. The fourth-order valence-corrected chi connectivity index (χ4v) is 2.34. The molecule has 2 aromatic rings. The van der Waals surface area contributed by atoms with E-state index in [1.807, 2.05) is 30.0 Å². The number of aromatic amines is 1. The summed E-state index contributed by atoms with van der Waals surface area (Å²) >= 11 is 7.11. The Morgan fingerprint density at radius 1 is 1.35 bits per heavy atom. The van der Waals surface area contributed by atoms with Gasteiger partial charge in [-0.05, 0) is 30.6 Å². The minimum absolute atomic E-state index is 0.699. The molecule has 0 aliphatic carbocycles. The summed E-state index contributed by atoms with van der Waals surface area (Å²) in [6, 6.07) is 10.1. The molecule has 1 N–H and O–H groups in total. The van der Waals surface area contributed by atoms with Crippen LogP contribution in [0.2, 0.25) is 0 Å². The van der Waals surface area contributed by atoms with Gasteiger partial charge in [0.1, 0.15) is 0 Å². The maximum absolute atomic E-state index is 5.26. The molecule has 0 saturated carbocycles. The van der Waals surface area contributed by atoms with Gasteiger partial charge in [0.15, 0.2) is 10.6 Å². The molecule has 0 spiro atoms. The van der Waals surface area contributed by atoms with Gasteiger partial charge >= 0.3 is 0 Å². The standard InChI is InChI=1S/C12H15N3S2/c1-17-9-5-8-15-11(13-14-12(15)16)10-6-3-2-4-7-10/h2-4,6-7H,5,8-9H2,1H3,(H,14,16). The van der Waals surface area contributed by atoms with Gasteiger partial charge in [-0.1, -0.05) is 30.3 Å². The van der Waals surface area contributed by atoms with Crippen LogP contribution in [0.15, 0.2) is 30.3 Å². The quantitative estimate of drug-likeness (QED) is 0.665. The first-order chi connectivity index (χ1) is 8.33. The topological polar surface area (TPSA) is 33.6 Å². The first kappa shape index (κ1) is 12.4. The van der Waals surface area contributed by atoms with Crippen molar-refractivity contribution in [3.8, 4) is 11.4 Å². The summed E-state index contributed by atoms with van der Waals surface area (Å²) in [5, 5.41) is 7.18. The average molecular weight is 265 g/mol. The Balaban J connectivity index is 2.26. The van der Waals surface area contributed by atoms with Crippen LogP contribution in [0.1, 0.15) is 6.42 Å². The second kappa shape index (κ2) is 6.02. The summed E-state index contributed by atoms with van der Waals surface area (Å²) in [6.45, 7) is 0.917. The predicted octanol–water partition coefficient (Wildman–Crippen LogP) is 3.36. The molecule has 0 amide bonds. The lowest BCUT2D eigenvalue weighted by atomic mass is 10.2. The number of nitrogens with zero attached hydrogens (tertiary/aromatic N) is 2. The first-order valence-corrected chi connectivity index (χ1v) is 7.32. The van der Waals surface area contributed by atoms with Crippen molar-refractivity contribution in [2.45, 2.75) is 13.0 Å². The maximum Gasteiger partial charge on any atom is 0.195 e. The molecule has 2 rings (SSSR count). The van der Waals surface area contributed by atoms with E-state index >= 15 is 0 Å². The van der Waals surface area contributed by atoms with E-state index in [2.05, 4.69) is 33.2 Å². The highest BCUT2D eigenvalue weighted by molar-refractivity contribution is 7.98. The van der Waals surface area contributed by atoms with Crippen molar-refractivity contribution in [1.29, 1.82) is 0 Å². The van der Waals surface area contributed by atoms with Gasteiger partial charge < -0.3 is 4.57 Å². The monoisotopic (exact) mass is 265 g/mol. The third kappa shape index (κ3) is 2.98. The molecule has 0 saturated heterocycles. The van der Waals surface area contributed by atoms with Crippen LogP contribution in [0.5, 0.6) is 0 Å². The molecule has 90 valence electrons. The minimum Gasteiger partial charge on any atom is -0.300 e.